The minimum absolute atomic E-state index is 0.0713. The molecule has 0 fully saturated rings. The van der Waals surface area contributed by atoms with E-state index in [1.807, 2.05) is 23.5 Å². The molecule has 1 aliphatic carbocycles. The Morgan fingerprint density at radius 1 is 1.11 bits per heavy atom. The van der Waals surface area contributed by atoms with E-state index >= 15 is 0 Å². The number of rotatable bonds is 15. The lowest BCUT2D eigenvalue weighted by atomic mass is 9.79. The molecular weight excluding hydrogens is 370 g/mol. The molecule has 0 spiro atoms. The van der Waals surface area contributed by atoms with Gasteiger partial charge in [0.05, 0.1) is 13.2 Å². The quantitative estimate of drug-likeness (QED) is 0.384. The number of allylic oxidation sites excluding steroid dienone is 2. The second-order valence-electron chi connectivity index (χ2n) is 7.86. The molecule has 1 aromatic heterocycles. The predicted molar refractivity (Wildman–Crippen MR) is 118 cm³/mol. The van der Waals surface area contributed by atoms with Crippen molar-refractivity contribution in [2.24, 2.45) is 5.41 Å². The van der Waals surface area contributed by atoms with Crippen LogP contribution in [-0.4, -0.2) is 49.7 Å². The van der Waals surface area contributed by atoms with Crippen LogP contribution in [0.15, 0.2) is 35.9 Å². The molecule has 2 rings (SSSR count). The van der Waals surface area contributed by atoms with Crippen molar-refractivity contribution in [3.8, 4) is 0 Å². The predicted octanol–water partition coefficient (Wildman–Crippen LogP) is 4.01. The number of nitrogens with one attached hydrogen (secondary N) is 1. The molecular formula is C23H37NO3S. The molecule has 0 aliphatic heterocycles. The average Bonchev–Trinajstić information content (AvgIpc) is 3.14. The minimum Gasteiger partial charge on any atom is -0.395 e. The second-order valence-corrected chi connectivity index (χ2v) is 9.23. The lowest BCUT2D eigenvalue weighted by molar-refractivity contribution is 0.128. The monoisotopic (exact) mass is 407 g/mol. The van der Waals surface area contributed by atoms with Crippen LogP contribution in [0.5, 0.6) is 0 Å². The molecule has 1 atom stereocenters. The fourth-order valence-corrected chi connectivity index (χ4v) is 4.50. The van der Waals surface area contributed by atoms with E-state index in [-0.39, 0.29) is 18.6 Å². The largest absolute Gasteiger partial charge is 0.395 e. The summed E-state index contributed by atoms with van der Waals surface area (Å²) in [6, 6.07) is 4.41. The Hall–Kier alpha value is -0.980. The van der Waals surface area contributed by atoms with Gasteiger partial charge in [0.1, 0.15) is 0 Å². The van der Waals surface area contributed by atoms with Crippen LogP contribution in [0.3, 0.4) is 0 Å². The highest BCUT2D eigenvalue weighted by Crippen LogP contribution is 2.30. The molecule has 0 bridgehead atoms. The maximum absolute atomic E-state index is 9.77. The van der Waals surface area contributed by atoms with E-state index in [2.05, 4.69) is 30.4 Å². The standard InChI is InChI=1S/C23H37NO3S/c1-20-10-11-22(28-20)9-7-15-27-14-5-3-2-4-13-24-18-23(19-26)12-6-8-21(16-23)17-25/h6,8,10-12,24-26H,2-5,7,9,13-19H2,1H3. The van der Waals surface area contributed by atoms with Gasteiger partial charge in [-0.25, -0.2) is 0 Å². The molecule has 158 valence electrons. The number of aryl methyl sites for hydroxylation is 2. The topological polar surface area (TPSA) is 61.7 Å². The normalized spacial score (nSPS) is 19.2. The minimum atomic E-state index is -0.261. The van der Waals surface area contributed by atoms with E-state index in [1.165, 1.54) is 22.6 Å². The summed E-state index contributed by atoms with van der Waals surface area (Å²) in [5, 5.41) is 22.6. The van der Waals surface area contributed by atoms with Gasteiger partial charge in [0, 0.05) is 34.9 Å². The summed E-state index contributed by atoms with van der Waals surface area (Å²) in [4.78, 5) is 2.85. The second kappa shape index (κ2) is 13.3. The maximum atomic E-state index is 9.77. The Balaban J connectivity index is 1.40. The molecule has 0 radical (unpaired) electrons. The number of hydrogen-bond donors (Lipinski definition) is 3. The number of hydrogen-bond acceptors (Lipinski definition) is 5. The van der Waals surface area contributed by atoms with E-state index in [4.69, 9.17) is 4.74 Å². The van der Waals surface area contributed by atoms with Crippen molar-refractivity contribution in [3.63, 3.8) is 0 Å². The first kappa shape index (κ1) is 23.3. The van der Waals surface area contributed by atoms with E-state index < -0.39 is 0 Å². The van der Waals surface area contributed by atoms with Crippen LogP contribution in [0, 0.1) is 12.3 Å². The molecule has 4 nitrogen and oxygen atoms in total. The molecule has 0 amide bonds. The van der Waals surface area contributed by atoms with Crippen LogP contribution in [0.2, 0.25) is 0 Å². The third kappa shape index (κ3) is 8.58. The van der Waals surface area contributed by atoms with Crippen molar-refractivity contribution in [3.05, 3.63) is 45.7 Å². The Labute approximate surface area is 174 Å². The molecule has 0 saturated carbocycles. The van der Waals surface area contributed by atoms with Crippen LogP contribution in [-0.2, 0) is 11.2 Å². The third-order valence-electron chi connectivity index (χ3n) is 5.26. The van der Waals surface area contributed by atoms with Crippen LogP contribution in [0.25, 0.3) is 0 Å². The van der Waals surface area contributed by atoms with Gasteiger partial charge in [0.25, 0.3) is 0 Å². The van der Waals surface area contributed by atoms with Crippen molar-refractivity contribution < 1.29 is 14.9 Å². The van der Waals surface area contributed by atoms with Gasteiger partial charge in [-0.2, -0.15) is 0 Å². The number of thiophene rings is 1. The van der Waals surface area contributed by atoms with E-state index in [0.29, 0.717) is 0 Å². The molecule has 0 saturated heterocycles. The first-order chi connectivity index (χ1) is 13.7. The van der Waals surface area contributed by atoms with Crippen LogP contribution < -0.4 is 5.32 Å². The molecule has 5 heteroatoms. The van der Waals surface area contributed by atoms with Crippen molar-refractivity contribution in [1.82, 2.24) is 5.32 Å². The molecule has 0 aromatic carbocycles. The fourth-order valence-electron chi connectivity index (χ4n) is 3.57. The van der Waals surface area contributed by atoms with Gasteiger partial charge in [-0.15, -0.1) is 11.3 Å². The summed E-state index contributed by atoms with van der Waals surface area (Å²) in [7, 11) is 0. The van der Waals surface area contributed by atoms with Gasteiger partial charge < -0.3 is 20.3 Å². The number of aliphatic hydroxyl groups excluding tert-OH is 2. The highest BCUT2D eigenvalue weighted by Gasteiger charge is 2.28. The Kier molecular flexibility index (Phi) is 11.1. The zero-order valence-corrected chi connectivity index (χ0v) is 18.1. The summed E-state index contributed by atoms with van der Waals surface area (Å²) >= 11 is 1.89. The Bertz CT molecular complexity index is 611. The summed E-state index contributed by atoms with van der Waals surface area (Å²) in [6.45, 7) is 5.78. The molecule has 1 aromatic rings. The number of ether oxygens (including phenoxy) is 1. The zero-order chi connectivity index (χ0) is 20.1. The smallest absolute Gasteiger partial charge is 0.0645 e. The molecule has 28 heavy (non-hydrogen) atoms. The first-order valence-corrected chi connectivity index (χ1v) is 11.4. The first-order valence-electron chi connectivity index (χ1n) is 10.6. The van der Waals surface area contributed by atoms with Crippen molar-refractivity contribution in [2.75, 3.05) is 39.5 Å². The van der Waals surface area contributed by atoms with Crippen LogP contribution in [0.4, 0.5) is 0 Å². The number of aliphatic hydroxyl groups is 2. The van der Waals surface area contributed by atoms with Crippen LogP contribution in [0.1, 0.15) is 48.3 Å². The van der Waals surface area contributed by atoms with Crippen LogP contribution >= 0.6 is 11.3 Å². The van der Waals surface area contributed by atoms with Gasteiger partial charge in [-0.05, 0) is 63.3 Å². The van der Waals surface area contributed by atoms with Crippen molar-refractivity contribution in [1.29, 1.82) is 0 Å². The van der Waals surface area contributed by atoms with E-state index in [9.17, 15) is 10.2 Å². The van der Waals surface area contributed by atoms with Gasteiger partial charge in [-0.3, -0.25) is 0 Å². The Morgan fingerprint density at radius 3 is 2.68 bits per heavy atom. The molecule has 3 N–H and O–H groups in total. The van der Waals surface area contributed by atoms with Gasteiger partial charge in [-0.1, -0.05) is 31.1 Å². The molecule has 1 aliphatic rings. The van der Waals surface area contributed by atoms with Gasteiger partial charge in [0.2, 0.25) is 0 Å². The fraction of sp³-hybridized carbons (Fsp3) is 0.652. The molecule has 1 heterocycles. The lowest BCUT2D eigenvalue weighted by Gasteiger charge is -2.32. The van der Waals surface area contributed by atoms with E-state index in [0.717, 1.165) is 64.0 Å². The van der Waals surface area contributed by atoms with Gasteiger partial charge in [0.15, 0.2) is 0 Å². The summed E-state index contributed by atoms with van der Waals surface area (Å²) in [6.07, 6.45) is 13.6. The SMILES string of the molecule is Cc1ccc(CCCOCCCCCCNCC2(CO)C=CC=C(CO)C2)s1. The van der Waals surface area contributed by atoms with Gasteiger partial charge >= 0.3 is 0 Å². The number of unbranched alkanes of at least 4 members (excludes halogenated alkanes) is 3. The summed E-state index contributed by atoms with van der Waals surface area (Å²) in [5.41, 5.74) is 0.728. The molecule has 1 unspecified atom stereocenters. The lowest BCUT2D eigenvalue weighted by Crippen LogP contribution is -2.37. The van der Waals surface area contributed by atoms with Crippen molar-refractivity contribution >= 4 is 11.3 Å². The summed E-state index contributed by atoms with van der Waals surface area (Å²) in [5.74, 6) is 0. The highest BCUT2D eigenvalue weighted by molar-refractivity contribution is 7.11. The van der Waals surface area contributed by atoms with Crippen molar-refractivity contribution in [2.45, 2.75) is 51.9 Å². The zero-order valence-electron chi connectivity index (χ0n) is 17.3. The third-order valence-corrected chi connectivity index (χ3v) is 6.32. The maximum Gasteiger partial charge on any atom is 0.0645 e. The average molecular weight is 408 g/mol. The highest BCUT2D eigenvalue weighted by atomic mass is 32.1. The van der Waals surface area contributed by atoms with E-state index in [1.54, 1.807) is 0 Å². The summed E-state index contributed by atoms with van der Waals surface area (Å²) < 4.78 is 5.75. The Morgan fingerprint density at radius 2 is 1.93 bits per heavy atom.